The zero-order valence-electron chi connectivity index (χ0n) is 10.6. The van der Waals surface area contributed by atoms with Crippen LogP contribution in [-0.4, -0.2) is 44.2 Å². The Morgan fingerprint density at radius 1 is 1.29 bits per heavy atom. The van der Waals surface area contributed by atoms with E-state index in [1.54, 1.807) is 0 Å². The van der Waals surface area contributed by atoms with E-state index in [1.807, 2.05) is 0 Å². The number of hydrogen-bond donors (Lipinski definition) is 3. The molecule has 0 amide bonds. The summed E-state index contributed by atoms with van der Waals surface area (Å²) >= 11 is 0. The second-order valence-electron chi connectivity index (χ2n) is 4.11. The number of hydrogen-bond acceptors (Lipinski definition) is 4. The molecule has 96 valence electrons. The number of benzene rings is 1. The molecule has 5 N–H and O–H groups in total. The summed E-state index contributed by atoms with van der Waals surface area (Å²) in [6, 6.07) is 11.1. The normalized spacial score (nSPS) is 20.5. The molecule has 1 atom stereocenters. The minimum atomic E-state index is 0.461. The quantitative estimate of drug-likeness (QED) is 0.691. The highest BCUT2D eigenvalue weighted by Crippen LogP contribution is 2.06. The lowest BCUT2D eigenvalue weighted by Gasteiger charge is -2.33. The van der Waals surface area contributed by atoms with E-state index in [-0.39, 0.29) is 0 Å². The van der Waals surface area contributed by atoms with Gasteiger partial charge in [0.15, 0.2) is 0 Å². The van der Waals surface area contributed by atoms with Crippen molar-refractivity contribution in [3.63, 3.8) is 0 Å². The molecule has 1 fully saturated rings. The number of rotatable bonds is 3. The van der Waals surface area contributed by atoms with Crippen LogP contribution < -0.4 is 16.8 Å². The van der Waals surface area contributed by atoms with Crippen molar-refractivity contribution >= 4 is 0 Å². The van der Waals surface area contributed by atoms with Crippen molar-refractivity contribution in [2.45, 2.75) is 12.6 Å². The third-order valence-electron chi connectivity index (χ3n) is 2.87. The van der Waals surface area contributed by atoms with E-state index >= 15 is 0 Å². The largest absolute Gasteiger partial charge is 0.333 e. The summed E-state index contributed by atoms with van der Waals surface area (Å²) in [7, 11) is 1.50. The van der Waals surface area contributed by atoms with Gasteiger partial charge in [-0.15, -0.1) is 0 Å². The molecule has 0 radical (unpaired) electrons. The molecule has 1 unspecified atom stereocenters. The van der Waals surface area contributed by atoms with Gasteiger partial charge in [-0.3, -0.25) is 4.90 Å². The van der Waals surface area contributed by atoms with Crippen molar-refractivity contribution in [1.82, 2.24) is 10.2 Å². The van der Waals surface area contributed by atoms with Gasteiger partial charge in [-0.2, -0.15) is 0 Å². The van der Waals surface area contributed by atoms with E-state index < -0.39 is 0 Å². The summed E-state index contributed by atoms with van der Waals surface area (Å²) in [6.07, 6.45) is 0. The highest BCUT2D eigenvalue weighted by molar-refractivity contribution is 5.14. The Morgan fingerprint density at radius 3 is 2.65 bits per heavy atom. The average molecular weight is 236 g/mol. The third kappa shape index (κ3) is 4.83. The van der Waals surface area contributed by atoms with E-state index in [1.165, 1.54) is 12.6 Å². The van der Waals surface area contributed by atoms with Gasteiger partial charge in [0, 0.05) is 38.8 Å². The van der Waals surface area contributed by atoms with Gasteiger partial charge in [-0.05, 0) is 12.6 Å². The maximum atomic E-state index is 5.67. The first-order chi connectivity index (χ1) is 8.38. The third-order valence-corrected chi connectivity index (χ3v) is 2.87. The van der Waals surface area contributed by atoms with Gasteiger partial charge >= 0.3 is 0 Å². The molecule has 0 spiro atoms. The van der Waals surface area contributed by atoms with Crippen LogP contribution >= 0.6 is 0 Å². The molecule has 1 aromatic carbocycles. The lowest BCUT2D eigenvalue weighted by molar-refractivity contribution is 0.195. The van der Waals surface area contributed by atoms with E-state index in [9.17, 15) is 0 Å². The molecule has 0 aromatic heterocycles. The fourth-order valence-corrected chi connectivity index (χ4v) is 2.04. The number of nitrogens with zero attached hydrogens (tertiary/aromatic N) is 1. The zero-order chi connectivity index (χ0) is 12.5. The van der Waals surface area contributed by atoms with E-state index in [0.717, 1.165) is 32.7 Å². The summed E-state index contributed by atoms with van der Waals surface area (Å²) in [6.45, 7) is 5.00. The standard InChI is InChI=1S/C12H19N3.CH5N/c13-8-12-10-15(7-6-14-12)9-11-4-2-1-3-5-11;1-2/h1-5,12,14H,6-10,13H2;2H2,1H3. The van der Waals surface area contributed by atoms with Gasteiger partial charge in [0.1, 0.15) is 0 Å². The van der Waals surface area contributed by atoms with Crippen LogP contribution in [0.1, 0.15) is 5.56 Å². The number of piperazine rings is 1. The van der Waals surface area contributed by atoms with Crippen molar-refractivity contribution in [3.05, 3.63) is 35.9 Å². The summed E-state index contributed by atoms with van der Waals surface area (Å²) in [4.78, 5) is 2.46. The van der Waals surface area contributed by atoms with Crippen molar-refractivity contribution in [2.24, 2.45) is 11.5 Å². The molecule has 0 saturated carbocycles. The monoisotopic (exact) mass is 236 g/mol. The topological polar surface area (TPSA) is 67.3 Å². The van der Waals surface area contributed by atoms with Crippen molar-refractivity contribution in [2.75, 3.05) is 33.2 Å². The Hall–Kier alpha value is -0.940. The summed E-state index contributed by atoms with van der Waals surface area (Å²) < 4.78 is 0. The van der Waals surface area contributed by atoms with Gasteiger partial charge < -0.3 is 16.8 Å². The molecule has 1 aliphatic rings. The molecule has 0 bridgehead atoms. The van der Waals surface area contributed by atoms with Crippen molar-refractivity contribution < 1.29 is 0 Å². The molecular weight excluding hydrogens is 212 g/mol. The first-order valence-corrected chi connectivity index (χ1v) is 6.16. The SMILES string of the molecule is CN.NCC1CN(Cc2ccccc2)CCN1. The Labute approximate surface area is 104 Å². The van der Waals surface area contributed by atoms with Gasteiger partial charge in [0.25, 0.3) is 0 Å². The smallest absolute Gasteiger partial charge is 0.0318 e. The van der Waals surface area contributed by atoms with Crippen molar-refractivity contribution in [3.8, 4) is 0 Å². The van der Waals surface area contributed by atoms with Gasteiger partial charge in [0.05, 0.1) is 0 Å². The van der Waals surface area contributed by atoms with Gasteiger partial charge in [-0.1, -0.05) is 30.3 Å². The Balaban J connectivity index is 0.000000686. The summed E-state index contributed by atoms with van der Waals surface area (Å²) in [5, 5.41) is 3.42. The Kier molecular flexibility index (Phi) is 6.81. The molecule has 17 heavy (non-hydrogen) atoms. The summed E-state index contributed by atoms with van der Waals surface area (Å²) in [5.74, 6) is 0. The lowest BCUT2D eigenvalue weighted by atomic mass is 10.1. The Morgan fingerprint density at radius 2 is 2.00 bits per heavy atom. The zero-order valence-corrected chi connectivity index (χ0v) is 10.6. The lowest BCUT2D eigenvalue weighted by Crippen LogP contribution is -2.53. The molecule has 4 nitrogen and oxygen atoms in total. The molecule has 1 saturated heterocycles. The predicted octanol–water partition coefficient (Wildman–Crippen LogP) is -0.00600. The fourth-order valence-electron chi connectivity index (χ4n) is 2.04. The van der Waals surface area contributed by atoms with Crippen LogP contribution in [0.3, 0.4) is 0 Å². The average Bonchev–Trinajstić information content (AvgIpc) is 2.42. The molecule has 1 heterocycles. The maximum Gasteiger partial charge on any atom is 0.0318 e. The minimum absolute atomic E-state index is 0.461. The molecule has 4 heteroatoms. The molecule has 0 aliphatic carbocycles. The minimum Gasteiger partial charge on any atom is -0.333 e. The summed E-state index contributed by atoms with van der Waals surface area (Å²) in [5.41, 5.74) is 11.6. The molecule has 1 aliphatic heterocycles. The number of nitrogens with two attached hydrogens (primary N) is 2. The second kappa shape index (κ2) is 8.20. The number of nitrogens with one attached hydrogen (secondary N) is 1. The first kappa shape index (κ1) is 14.1. The van der Waals surface area contributed by atoms with Crippen LogP contribution in [0.15, 0.2) is 30.3 Å². The predicted molar refractivity (Wildman–Crippen MR) is 72.7 cm³/mol. The van der Waals surface area contributed by atoms with Crippen LogP contribution in [0.25, 0.3) is 0 Å². The molecular formula is C13H24N4. The first-order valence-electron chi connectivity index (χ1n) is 6.16. The molecule has 2 rings (SSSR count). The fraction of sp³-hybridized carbons (Fsp3) is 0.538. The van der Waals surface area contributed by atoms with E-state index in [0.29, 0.717) is 6.04 Å². The maximum absolute atomic E-state index is 5.67. The van der Waals surface area contributed by atoms with E-state index in [2.05, 4.69) is 46.3 Å². The van der Waals surface area contributed by atoms with Crippen LogP contribution in [0.5, 0.6) is 0 Å². The van der Waals surface area contributed by atoms with Crippen LogP contribution in [0.4, 0.5) is 0 Å². The Bertz CT molecular complexity index is 289. The van der Waals surface area contributed by atoms with Crippen LogP contribution in [-0.2, 0) is 6.54 Å². The highest BCUT2D eigenvalue weighted by Gasteiger charge is 2.17. The van der Waals surface area contributed by atoms with Crippen molar-refractivity contribution in [1.29, 1.82) is 0 Å². The second-order valence-corrected chi connectivity index (χ2v) is 4.11. The van der Waals surface area contributed by atoms with Crippen LogP contribution in [0, 0.1) is 0 Å². The van der Waals surface area contributed by atoms with Crippen LogP contribution in [0.2, 0.25) is 0 Å². The van der Waals surface area contributed by atoms with Gasteiger partial charge in [-0.25, -0.2) is 0 Å². The highest BCUT2D eigenvalue weighted by atomic mass is 15.2. The molecule has 1 aromatic rings. The van der Waals surface area contributed by atoms with E-state index in [4.69, 9.17) is 5.73 Å². The van der Waals surface area contributed by atoms with Gasteiger partial charge in [0.2, 0.25) is 0 Å².